The van der Waals surface area contributed by atoms with E-state index in [0.717, 1.165) is 12.8 Å². The summed E-state index contributed by atoms with van der Waals surface area (Å²) in [6.45, 7) is 6.40. The van der Waals surface area contributed by atoms with Gasteiger partial charge in [-0.3, -0.25) is 14.4 Å². The number of aliphatic hydroxyl groups is 1. The lowest BCUT2D eigenvalue weighted by molar-refractivity contribution is -0.146. The normalized spacial score (nSPS) is 26.9. The van der Waals surface area contributed by atoms with Crippen LogP contribution in [0.15, 0.2) is 24.3 Å². The number of aliphatic hydroxyl groups excluding tert-OH is 1. The number of rotatable bonds is 5. The van der Waals surface area contributed by atoms with E-state index in [1.165, 1.54) is 4.90 Å². The van der Waals surface area contributed by atoms with Crippen LogP contribution in [0.3, 0.4) is 0 Å². The number of amides is 3. The zero-order valence-electron chi connectivity index (χ0n) is 15.5. The molecule has 2 fully saturated rings. The number of fused-ring (bicyclic) bond motifs is 2. The maximum absolute atomic E-state index is 13.1. The van der Waals surface area contributed by atoms with Crippen molar-refractivity contribution in [3.05, 3.63) is 29.8 Å². The molecule has 1 heterocycles. The molecule has 1 aromatic rings. The van der Waals surface area contributed by atoms with Crippen LogP contribution in [-0.2, 0) is 9.59 Å². The number of imide groups is 1. The molecule has 1 aliphatic carbocycles. The molecule has 140 valence electrons. The minimum atomic E-state index is -0.550. The molecule has 0 aromatic heterocycles. The smallest absolute Gasteiger partial charge is 0.251 e. The van der Waals surface area contributed by atoms with Crippen LogP contribution in [0.1, 0.15) is 50.4 Å². The molecule has 2 N–H and O–H groups in total. The van der Waals surface area contributed by atoms with Crippen molar-refractivity contribution in [2.75, 3.05) is 18.1 Å². The molecule has 6 nitrogen and oxygen atoms in total. The molecular weight excluding hydrogens is 332 g/mol. The molecule has 3 amide bonds. The van der Waals surface area contributed by atoms with E-state index in [4.69, 9.17) is 5.11 Å². The van der Waals surface area contributed by atoms with Gasteiger partial charge in [-0.25, -0.2) is 4.90 Å². The summed E-state index contributed by atoms with van der Waals surface area (Å²) in [5.74, 6) is -0.697. The fourth-order valence-electron chi connectivity index (χ4n) is 4.21. The highest BCUT2D eigenvalue weighted by Gasteiger charge is 2.64. The zero-order chi connectivity index (χ0) is 19.1. The summed E-state index contributed by atoms with van der Waals surface area (Å²) >= 11 is 0. The van der Waals surface area contributed by atoms with Crippen LogP contribution in [0, 0.1) is 16.7 Å². The van der Waals surface area contributed by atoms with Crippen LogP contribution in [0.2, 0.25) is 0 Å². The molecule has 0 spiro atoms. The van der Waals surface area contributed by atoms with Gasteiger partial charge in [0, 0.05) is 24.6 Å². The van der Waals surface area contributed by atoms with Crippen LogP contribution < -0.4 is 10.2 Å². The summed E-state index contributed by atoms with van der Waals surface area (Å²) in [6, 6.07) is 6.54. The Balaban J connectivity index is 1.83. The number of benzene rings is 1. The molecule has 1 aliphatic heterocycles. The lowest BCUT2D eigenvalue weighted by atomic mass is 9.62. The van der Waals surface area contributed by atoms with E-state index in [1.54, 1.807) is 24.3 Å². The van der Waals surface area contributed by atoms with Crippen molar-refractivity contribution in [3.8, 4) is 0 Å². The monoisotopic (exact) mass is 358 g/mol. The topological polar surface area (TPSA) is 86.7 Å². The van der Waals surface area contributed by atoms with Crippen LogP contribution in [0.25, 0.3) is 0 Å². The third-order valence-electron chi connectivity index (χ3n) is 6.43. The molecule has 1 aromatic carbocycles. The second-order valence-corrected chi connectivity index (χ2v) is 8.00. The van der Waals surface area contributed by atoms with E-state index < -0.39 is 5.41 Å². The van der Waals surface area contributed by atoms with Gasteiger partial charge in [0.2, 0.25) is 11.8 Å². The van der Waals surface area contributed by atoms with Crippen molar-refractivity contribution in [2.45, 2.75) is 40.0 Å². The van der Waals surface area contributed by atoms with Crippen molar-refractivity contribution < 1.29 is 19.5 Å². The number of hydrogen-bond donors (Lipinski definition) is 2. The van der Waals surface area contributed by atoms with Gasteiger partial charge in [0.25, 0.3) is 5.91 Å². The SMILES string of the molecule is CC1(C)[C@H]2CC[C@]1(C)C(=O)N(c1ccc(C(=O)NCCCO)cc1)C2=O. The van der Waals surface area contributed by atoms with Crippen molar-refractivity contribution in [2.24, 2.45) is 16.7 Å². The van der Waals surface area contributed by atoms with Gasteiger partial charge in [0.05, 0.1) is 11.1 Å². The lowest BCUT2D eigenvalue weighted by Crippen LogP contribution is -2.59. The van der Waals surface area contributed by atoms with Gasteiger partial charge >= 0.3 is 0 Å². The third kappa shape index (κ3) is 2.63. The molecule has 26 heavy (non-hydrogen) atoms. The molecular formula is C20H26N2O4. The molecule has 0 unspecified atom stereocenters. The Morgan fingerprint density at radius 3 is 2.50 bits per heavy atom. The first kappa shape index (κ1) is 18.6. The van der Waals surface area contributed by atoms with E-state index in [9.17, 15) is 14.4 Å². The highest BCUT2D eigenvalue weighted by Crippen LogP contribution is 2.60. The van der Waals surface area contributed by atoms with Crippen LogP contribution in [-0.4, -0.2) is 36.0 Å². The lowest BCUT2D eigenvalue weighted by Gasteiger charge is -2.47. The predicted octanol–water partition coefficient (Wildman–Crippen LogP) is 2.11. The predicted molar refractivity (Wildman–Crippen MR) is 97.6 cm³/mol. The Labute approximate surface area is 153 Å². The number of carbonyl (C=O) groups excluding carboxylic acids is 3. The molecule has 0 radical (unpaired) electrons. The van der Waals surface area contributed by atoms with Crippen LogP contribution >= 0.6 is 0 Å². The number of carbonyl (C=O) groups is 3. The van der Waals surface area contributed by atoms with E-state index >= 15 is 0 Å². The molecule has 1 saturated carbocycles. The number of hydrogen-bond acceptors (Lipinski definition) is 4. The first-order valence-electron chi connectivity index (χ1n) is 9.11. The average molecular weight is 358 g/mol. The van der Waals surface area contributed by atoms with Gasteiger partial charge in [-0.1, -0.05) is 20.8 Å². The van der Waals surface area contributed by atoms with Crippen molar-refractivity contribution in [3.63, 3.8) is 0 Å². The van der Waals surface area contributed by atoms with E-state index in [1.807, 2.05) is 20.8 Å². The summed E-state index contributed by atoms with van der Waals surface area (Å²) in [4.78, 5) is 39.4. The molecule has 2 atom stereocenters. The molecule has 3 rings (SSSR count). The number of nitrogens with zero attached hydrogens (tertiary/aromatic N) is 1. The van der Waals surface area contributed by atoms with Gasteiger partial charge in [0.1, 0.15) is 0 Å². The van der Waals surface area contributed by atoms with E-state index in [0.29, 0.717) is 24.2 Å². The molecule has 1 saturated heterocycles. The van der Waals surface area contributed by atoms with Crippen molar-refractivity contribution >= 4 is 23.4 Å². The summed E-state index contributed by atoms with van der Waals surface area (Å²) < 4.78 is 0. The standard InChI is InChI=1S/C20H26N2O4/c1-19(2)15-9-10-20(19,3)18(26)22(17(15)25)14-7-5-13(6-8-14)16(24)21-11-4-12-23/h5-8,15,23H,4,9-12H2,1-3H3,(H,21,24)/t15-,20+/m0/s1. The Hall–Kier alpha value is -2.21. The van der Waals surface area contributed by atoms with E-state index in [-0.39, 0.29) is 35.7 Å². The molecule has 2 aliphatic rings. The zero-order valence-corrected chi connectivity index (χ0v) is 15.5. The summed E-state index contributed by atoms with van der Waals surface area (Å²) in [7, 11) is 0. The number of nitrogens with one attached hydrogen (secondary N) is 1. The van der Waals surface area contributed by atoms with Gasteiger partial charge in [-0.05, 0) is 48.9 Å². The molecule has 2 bridgehead atoms. The largest absolute Gasteiger partial charge is 0.396 e. The second kappa shape index (κ2) is 6.50. The Bertz CT molecular complexity index is 741. The highest BCUT2D eigenvalue weighted by atomic mass is 16.3. The minimum absolute atomic E-state index is 0.0225. The maximum Gasteiger partial charge on any atom is 0.251 e. The summed E-state index contributed by atoms with van der Waals surface area (Å²) in [6.07, 6.45) is 1.95. The average Bonchev–Trinajstić information content (AvgIpc) is 2.79. The first-order valence-corrected chi connectivity index (χ1v) is 9.11. The van der Waals surface area contributed by atoms with E-state index in [2.05, 4.69) is 5.32 Å². The molecule has 6 heteroatoms. The van der Waals surface area contributed by atoms with Crippen LogP contribution in [0.4, 0.5) is 5.69 Å². The summed E-state index contributed by atoms with van der Waals surface area (Å²) in [5, 5.41) is 11.5. The van der Waals surface area contributed by atoms with Crippen molar-refractivity contribution in [1.82, 2.24) is 5.32 Å². The second-order valence-electron chi connectivity index (χ2n) is 8.00. The highest BCUT2D eigenvalue weighted by molar-refractivity contribution is 6.20. The van der Waals surface area contributed by atoms with Crippen molar-refractivity contribution in [1.29, 1.82) is 0 Å². The fourth-order valence-corrected chi connectivity index (χ4v) is 4.21. The fraction of sp³-hybridized carbons (Fsp3) is 0.550. The Morgan fingerprint density at radius 2 is 1.88 bits per heavy atom. The first-order chi connectivity index (χ1) is 12.2. The maximum atomic E-state index is 13.1. The Kier molecular flexibility index (Phi) is 4.65. The van der Waals surface area contributed by atoms with Gasteiger partial charge in [-0.2, -0.15) is 0 Å². The summed E-state index contributed by atoms with van der Waals surface area (Å²) in [5.41, 5.74) is 0.0782. The quantitative estimate of drug-likeness (QED) is 0.623. The van der Waals surface area contributed by atoms with Gasteiger partial charge < -0.3 is 10.4 Å². The van der Waals surface area contributed by atoms with Gasteiger partial charge in [-0.15, -0.1) is 0 Å². The van der Waals surface area contributed by atoms with Crippen LogP contribution in [0.5, 0.6) is 0 Å². The number of piperidine rings is 1. The Morgan fingerprint density at radius 1 is 1.23 bits per heavy atom. The minimum Gasteiger partial charge on any atom is -0.396 e. The third-order valence-corrected chi connectivity index (χ3v) is 6.43. The number of anilines is 1. The van der Waals surface area contributed by atoms with Gasteiger partial charge in [0.15, 0.2) is 0 Å².